The van der Waals surface area contributed by atoms with Crippen LogP contribution in [0.5, 0.6) is 5.75 Å². The first kappa shape index (κ1) is 16.5. The number of hydrogen-bond donors (Lipinski definition) is 0. The van der Waals surface area contributed by atoms with Gasteiger partial charge in [-0.1, -0.05) is 0 Å². The van der Waals surface area contributed by atoms with E-state index in [0.29, 0.717) is 18.1 Å². The van der Waals surface area contributed by atoms with Crippen LogP contribution in [0.4, 0.5) is 0 Å². The number of likely N-dealkylation sites (tertiary alicyclic amines) is 1. The molecule has 3 rings (SSSR count). The summed E-state index contributed by atoms with van der Waals surface area (Å²) < 4.78 is 7.68. The molecule has 1 aromatic carbocycles. The molecule has 1 atom stereocenters. The number of nitriles is 1. The summed E-state index contributed by atoms with van der Waals surface area (Å²) in [6.07, 6.45) is 6.91. The highest BCUT2D eigenvalue weighted by atomic mass is 16.5. The summed E-state index contributed by atoms with van der Waals surface area (Å²) in [5, 5.41) is 13.0. The molecule has 2 heterocycles. The quantitative estimate of drug-likeness (QED) is 0.731. The predicted molar refractivity (Wildman–Crippen MR) is 90.5 cm³/mol. The molecule has 0 spiro atoms. The summed E-state index contributed by atoms with van der Waals surface area (Å²) in [5.74, 6) is 1.48. The predicted octanol–water partition coefficient (Wildman–Crippen LogP) is 2.33. The van der Waals surface area contributed by atoms with E-state index in [1.807, 2.05) is 16.8 Å². The van der Waals surface area contributed by atoms with Gasteiger partial charge in [0.2, 0.25) is 0 Å². The molecule has 6 heteroatoms. The van der Waals surface area contributed by atoms with E-state index in [1.165, 1.54) is 19.4 Å². The van der Waals surface area contributed by atoms with Gasteiger partial charge in [0.25, 0.3) is 0 Å². The van der Waals surface area contributed by atoms with Crippen LogP contribution in [0.3, 0.4) is 0 Å². The van der Waals surface area contributed by atoms with E-state index < -0.39 is 0 Å². The standard InChI is InChI=1S/C18H23N5O/c19-11-16-4-6-18(7-5-16)24-10-2-9-22-8-1-3-17(12-22)13-23-15-20-14-21-23/h4-7,14-15,17H,1-3,8-10,12-13H2. The molecule has 1 fully saturated rings. The van der Waals surface area contributed by atoms with E-state index in [0.717, 1.165) is 31.8 Å². The van der Waals surface area contributed by atoms with E-state index in [-0.39, 0.29) is 0 Å². The molecule has 2 aromatic rings. The third kappa shape index (κ3) is 4.80. The molecule has 0 bridgehead atoms. The van der Waals surface area contributed by atoms with Crippen LogP contribution in [0.15, 0.2) is 36.9 Å². The summed E-state index contributed by atoms with van der Waals surface area (Å²) in [5.41, 5.74) is 0.661. The highest BCUT2D eigenvalue weighted by Crippen LogP contribution is 2.18. The van der Waals surface area contributed by atoms with Crippen molar-refractivity contribution in [2.75, 3.05) is 26.2 Å². The van der Waals surface area contributed by atoms with E-state index in [2.05, 4.69) is 21.1 Å². The van der Waals surface area contributed by atoms with Crippen molar-refractivity contribution in [1.82, 2.24) is 19.7 Å². The van der Waals surface area contributed by atoms with Gasteiger partial charge >= 0.3 is 0 Å². The normalized spacial score (nSPS) is 18.2. The monoisotopic (exact) mass is 325 g/mol. The molecule has 1 aliphatic rings. The second-order valence-electron chi connectivity index (χ2n) is 6.26. The number of hydrogen-bond acceptors (Lipinski definition) is 5. The maximum atomic E-state index is 8.78. The van der Waals surface area contributed by atoms with E-state index in [1.54, 1.807) is 24.8 Å². The third-order valence-corrected chi connectivity index (χ3v) is 4.39. The fourth-order valence-corrected chi connectivity index (χ4v) is 3.20. The molecular formula is C18H23N5O. The van der Waals surface area contributed by atoms with Crippen LogP contribution in [-0.2, 0) is 6.54 Å². The number of ether oxygens (including phenoxy) is 1. The topological polar surface area (TPSA) is 67.0 Å². The molecule has 1 unspecified atom stereocenters. The zero-order valence-corrected chi connectivity index (χ0v) is 13.8. The van der Waals surface area contributed by atoms with Crippen molar-refractivity contribution in [2.45, 2.75) is 25.8 Å². The Labute approximate surface area is 142 Å². The average molecular weight is 325 g/mol. The number of piperidine rings is 1. The van der Waals surface area contributed by atoms with Crippen molar-refractivity contribution < 1.29 is 4.74 Å². The Bertz CT molecular complexity index is 647. The van der Waals surface area contributed by atoms with E-state index in [9.17, 15) is 0 Å². The zero-order chi connectivity index (χ0) is 16.6. The second-order valence-corrected chi connectivity index (χ2v) is 6.26. The summed E-state index contributed by atoms with van der Waals surface area (Å²) in [4.78, 5) is 6.53. The van der Waals surface area contributed by atoms with Crippen LogP contribution in [-0.4, -0.2) is 45.9 Å². The Morgan fingerprint density at radius 3 is 2.92 bits per heavy atom. The van der Waals surface area contributed by atoms with Gasteiger partial charge in [0.1, 0.15) is 18.4 Å². The number of rotatable bonds is 7. The van der Waals surface area contributed by atoms with Gasteiger partial charge in [0, 0.05) is 19.6 Å². The molecule has 0 amide bonds. The first-order valence-electron chi connectivity index (χ1n) is 8.51. The van der Waals surface area contributed by atoms with Crippen LogP contribution in [0.2, 0.25) is 0 Å². The van der Waals surface area contributed by atoms with Crippen LogP contribution in [0.25, 0.3) is 0 Å². The van der Waals surface area contributed by atoms with Gasteiger partial charge in [-0.05, 0) is 56.0 Å². The Hall–Kier alpha value is -2.39. The minimum absolute atomic E-state index is 0.653. The minimum atomic E-state index is 0.653. The molecule has 0 N–H and O–H groups in total. The summed E-state index contributed by atoms with van der Waals surface area (Å²) >= 11 is 0. The lowest BCUT2D eigenvalue weighted by Crippen LogP contribution is -2.38. The molecule has 126 valence electrons. The van der Waals surface area contributed by atoms with Gasteiger partial charge < -0.3 is 9.64 Å². The lowest BCUT2D eigenvalue weighted by atomic mass is 9.98. The van der Waals surface area contributed by atoms with Crippen molar-refractivity contribution in [1.29, 1.82) is 5.26 Å². The summed E-state index contributed by atoms with van der Waals surface area (Å²) in [6.45, 7) is 5.01. The van der Waals surface area contributed by atoms with E-state index in [4.69, 9.17) is 10.00 Å². The van der Waals surface area contributed by atoms with Gasteiger partial charge in [-0.25, -0.2) is 4.98 Å². The second kappa shape index (κ2) is 8.46. The van der Waals surface area contributed by atoms with Crippen molar-refractivity contribution in [2.24, 2.45) is 5.92 Å². The fourth-order valence-electron chi connectivity index (χ4n) is 3.20. The Morgan fingerprint density at radius 1 is 1.29 bits per heavy atom. The number of benzene rings is 1. The van der Waals surface area contributed by atoms with Crippen LogP contribution >= 0.6 is 0 Å². The van der Waals surface area contributed by atoms with Crippen LogP contribution in [0, 0.1) is 17.2 Å². The van der Waals surface area contributed by atoms with Crippen molar-refractivity contribution >= 4 is 0 Å². The summed E-state index contributed by atoms with van der Waals surface area (Å²) in [7, 11) is 0. The van der Waals surface area contributed by atoms with Gasteiger partial charge in [-0.3, -0.25) is 4.68 Å². The maximum Gasteiger partial charge on any atom is 0.137 e. The number of aromatic nitrogens is 3. The molecule has 1 aromatic heterocycles. The lowest BCUT2D eigenvalue weighted by molar-refractivity contribution is 0.150. The molecule has 1 aliphatic heterocycles. The van der Waals surface area contributed by atoms with Crippen molar-refractivity contribution in [3.63, 3.8) is 0 Å². The molecule has 24 heavy (non-hydrogen) atoms. The molecule has 0 radical (unpaired) electrons. The molecule has 0 aliphatic carbocycles. The van der Waals surface area contributed by atoms with Gasteiger partial charge in [0.05, 0.1) is 18.2 Å². The minimum Gasteiger partial charge on any atom is -0.494 e. The molecule has 6 nitrogen and oxygen atoms in total. The Morgan fingerprint density at radius 2 is 2.17 bits per heavy atom. The highest BCUT2D eigenvalue weighted by molar-refractivity contribution is 5.34. The van der Waals surface area contributed by atoms with Gasteiger partial charge in [-0.15, -0.1) is 0 Å². The fraction of sp³-hybridized carbons (Fsp3) is 0.500. The first-order valence-corrected chi connectivity index (χ1v) is 8.51. The van der Waals surface area contributed by atoms with Gasteiger partial charge in [0.15, 0.2) is 0 Å². The van der Waals surface area contributed by atoms with Crippen LogP contribution in [0.1, 0.15) is 24.8 Å². The SMILES string of the molecule is N#Cc1ccc(OCCCN2CCCC(Cn3cncn3)C2)cc1. The van der Waals surface area contributed by atoms with Crippen molar-refractivity contribution in [3.05, 3.63) is 42.5 Å². The first-order chi connectivity index (χ1) is 11.8. The van der Waals surface area contributed by atoms with Crippen LogP contribution < -0.4 is 4.74 Å². The zero-order valence-electron chi connectivity index (χ0n) is 13.8. The van der Waals surface area contributed by atoms with Gasteiger partial charge in [-0.2, -0.15) is 10.4 Å². The molecule has 1 saturated heterocycles. The largest absolute Gasteiger partial charge is 0.494 e. The lowest BCUT2D eigenvalue weighted by Gasteiger charge is -2.32. The van der Waals surface area contributed by atoms with E-state index >= 15 is 0 Å². The Kier molecular flexibility index (Phi) is 5.80. The average Bonchev–Trinajstić information content (AvgIpc) is 3.13. The molecule has 0 saturated carbocycles. The number of nitrogens with zero attached hydrogens (tertiary/aromatic N) is 5. The Balaban J connectivity index is 1.36. The highest BCUT2D eigenvalue weighted by Gasteiger charge is 2.20. The molecular weight excluding hydrogens is 302 g/mol. The third-order valence-electron chi connectivity index (χ3n) is 4.39. The maximum absolute atomic E-state index is 8.78. The summed E-state index contributed by atoms with van der Waals surface area (Å²) in [6, 6.07) is 9.39. The smallest absolute Gasteiger partial charge is 0.137 e. The van der Waals surface area contributed by atoms with Crippen molar-refractivity contribution in [3.8, 4) is 11.8 Å².